The Morgan fingerprint density at radius 1 is 1.08 bits per heavy atom. The monoisotopic (exact) mass is 555 g/mol. The highest BCUT2D eigenvalue weighted by molar-refractivity contribution is 7.09. The van der Waals surface area contributed by atoms with Gasteiger partial charge in [-0.25, -0.2) is 9.37 Å². The average molecular weight is 556 g/mol. The number of piperidine rings is 1. The standard InChI is InChI=1S/C29H34FN3O5S/c1-35-25-8-7-21(17-26(25)36-2)9-12-32(18-22-5-3-4-6-23(22)30)19-27-31-24(20-39-27)28(34)33-13-10-29(11-14-33)37-15-16-38-29/h3-8,17,20H,9-16,18-19H2,1-2H3. The summed E-state index contributed by atoms with van der Waals surface area (Å²) in [7, 11) is 3.23. The number of amides is 1. The highest BCUT2D eigenvalue weighted by Crippen LogP contribution is 2.32. The molecule has 5 rings (SSSR count). The molecule has 10 heteroatoms. The number of carbonyl (C=O) groups excluding carboxylic acids is 1. The summed E-state index contributed by atoms with van der Waals surface area (Å²) >= 11 is 1.46. The van der Waals surface area contributed by atoms with E-state index in [9.17, 15) is 9.18 Å². The highest BCUT2D eigenvalue weighted by atomic mass is 32.1. The van der Waals surface area contributed by atoms with Crippen LogP contribution in [0.4, 0.5) is 4.39 Å². The molecule has 0 aliphatic carbocycles. The van der Waals surface area contributed by atoms with Crippen molar-refractivity contribution in [1.29, 1.82) is 0 Å². The molecule has 0 N–H and O–H groups in total. The molecule has 39 heavy (non-hydrogen) atoms. The second kappa shape index (κ2) is 12.4. The Kier molecular flexibility index (Phi) is 8.76. The van der Waals surface area contributed by atoms with Crippen LogP contribution in [0.5, 0.6) is 11.5 Å². The summed E-state index contributed by atoms with van der Waals surface area (Å²) in [6, 6.07) is 12.7. The molecular formula is C29H34FN3O5S. The molecule has 2 aromatic carbocycles. The van der Waals surface area contributed by atoms with Crippen LogP contribution in [-0.2, 0) is 29.0 Å². The fourth-order valence-corrected chi connectivity index (χ4v) is 5.89. The van der Waals surface area contributed by atoms with Crippen LogP contribution in [-0.4, -0.2) is 73.5 Å². The van der Waals surface area contributed by atoms with Crippen LogP contribution < -0.4 is 9.47 Å². The van der Waals surface area contributed by atoms with Crippen LogP contribution in [0.1, 0.15) is 39.5 Å². The first kappa shape index (κ1) is 27.5. The number of methoxy groups -OCH3 is 2. The maximum absolute atomic E-state index is 14.5. The molecule has 0 radical (unpaired) electrons. The molecule has 0 bridgehead atoms. The van der Waals surface area contributed by atoms with Gasteiger partial charge in [0.1, 0.15) is 16.5 Å². The van der Waals surface area contributed by atoms with E-state index in [1.54, 1.807) is 26.4 Å². The summed E-state index contributed by atoms with van der Waals surface area (Å²) in [4.78, 5) is 21.8. The van der Waals surface area contributed by atoms with Gasteiger partial charge in [0.05, 0.1) is 34.0 Å². The van der Waals surface area contributed by atoms with Crippen molar-refractivity contribution in [2.75, 3.05) is 47.1 Å². The van der Waals surface area contributed by atoms with E-state index in [2.05, 4.69) is 9.88 Å². The second-order valence-electron chi connectivity index (χ2n) is 9.77. The summed E-state index contributed by atoms with van der Waals surface area (Å²) in [5.41, 5.74) is 2.15. The van der Waals surface area contributed by atoms with Crippen molar-refractivity contribution in [2.45, 2.75) is 38.1 Å². The van der Waals surface area contributed by atoms with Crippen LogP contribution in [0.15, 0.2) is 47.8 Å². The van der Waals surface area contributed by atoms with Gasteiger partial charge in [-0.05, 0) is 30.2 Å². The minimum absolute atomic E-state index is 0.0728. The van der Waals surface area contributed by atoms with Crippen LogP contribution in [0.2, 0.25) is 0 Å². The zero-order valence-electron chi connectivity index (χ0n) is 22.4. The van der Waals surface area contributed by atoms with Crippen LogP contribution in [0.25, 0.3) is 0 Å². The molecule has 208 valence electrons. The predicted octanol–water partition coefficient (Wildman–Crippen LogP) is 4.52. The van der Waals surface area contributed by atoms with Crippen molar-refractivity contribution in [3.8, 4) is 11.5 Å². The van der Waals surface area contributed by atoms with E-state index >= 15 is 0 Å². The maximum Gasteiger partial charge on any atom is 0.273 e. The van der Waals surface area contributed by atoms with E-state index in [1.165, 1.54) is 17.4 Å². The van der Waals surface area contributed by atoms with Gasteiger partial charge in [-0.2, -0.15) is 0 Å². The van der Waals surface area contributed by atoms with Gasteiger partial charge < -0.3 is 23.8 Å². The largest absolute Gasteiger partial charge is 0.493 e. The first-order chi connectivity index (χ1) is 19.0. The van der Waals surface area contributed by atoms with Gasteiger partial charge in [-0.3, -0.25) is 9.69 Å². The van der Waals surface area contributed by atoms with Crippen LogP contribution in [0, 0.1) is 5.82 Å². The molecule has 0 saturated carbocycles. The van der Waals surface area contributed by atoms with Crippen molar-refractivity contribution in [2.24, 2.45) is 0 Å². The number of hydrogen-bond donors (Lipinski definition) is 0. The van der Waals surface area contributed by atoms with Gasteiger partial charge in [-0.15, -0.1) is 11.3 Å². The molecule has 3 heterocycles. The molecule has 2 aliphatic heterocycles. The Bertz CT molecular complexity index is 1270. The van der Waals surface area contributed by atoms with Crippen molar-refractivity contribution in [3.05, 3.63) is 75.5 Å². The molecule has 1 aromatic heterocycles. The Balaban J connectivity index is 1.25. The Morgan fingerprint density at radius 2 is 1.82 bits per heavy atom. The lowest BCUT2D eigenvalue weighted by atomic mass is 10.0. The third-order valence-corrected chi connectivity index (χ3v) is 8.11. The molecule has 0 unspecified atom stereocenters. The minimum Gasteiger partial charge on any atom is -0.493 e. The van der Waals surface area contributed by atoms with Gasteiger partial charge >= 0.3 is 0 Å². The zero-order chi connectivity index (χ0) is 27.2. The predicted molar refractivity (Wildman–Crippen MR) is 146 cm³/mol. The number of ether oxygens (including phenoxy) is 4. The topological polar surface area (TPSA) is 73.4 Å². The molecule has 2 saturated heterocycles. The third-order valence-electron chi connectivity index (χ3n) is 7.27. The minimum atomic E-state index is -0.523. The number of carbonyl (C=O) groups is 1. The Morgan fingerprint density at radius 3 is 2.54 bits per heavy atom. The number of likely N-dealkylation sites (tertiary alicyclic amines) is 1. The maximum atomic E-state index is 14.5. The number of rotatable bonds is 10. The van der Waals surface area contributed by atoms with E-state index in [1.807, 2.05) is 34.5 Å². The van der Waals surface area contributed by atoms with E-state index < -0.39 is 5.79 Å². The molecule has 3 aromatic rings. The van der Waals surface area contributed by atoms with Gasteiger partial charge in [-0.1, -0.05) is 24.3 Å². The smallest absolute Gasteiger partial charge is 0.273 e. The normalized spacial score (nSPS) is 16.7. The summed E-state index contributed by atoms with van der Waals surface area (Å²) in [5.74, 6) is 0.522. The van der Waals surface area contributed by atoms with E-state index in [0.29, 0.717) is 81.5 Å². The molecular weight excluding hydrogens is 521 g/mol. The number of hydrogen-bond acceptors (Lipinski definition) is 8. The zero-order valence-corrected chi connectivity index (χ0v) is 23.2. The SMILES string of the molecule is COc1ccc(CCN(Cc2nc(C(=O)N3CCC4(CC3)OCCO4)cs2)Cc2ccccc2F)cc1OC. The van der Waals surface area contributed by atoms with Gasteiger partial charge in [0, 0.05) is 50.0 Å². The lowest BCUT2D eigenvalue weighted by Gasteiger charge is -2.37. The molecule has 2 aliphatic rings. The first-order valence-corrected chi connectivity index (χ1v) is 14.0. The number of aromatic nitrogens is 1. The summed E-state index contributed by atoms with van der Waals surface area (Å²) in [6.07, 6.45) is 2.07. The molecule has 1 spiro atoms. The highest BCUT2D eigenvalue weighted by Gasteiger charge is 2.41. The van der Waals surface area contributed by atoms with E-state index in [-0.39, 0.29) is 11.7 Å². The lowest BCUT2D eigenvalue weighted by Crippen LogP contribution is -2.47. The van der Waals surface area contributed by atoms with Crippen molar-refractivity contribution in [3.63, 3.8) is 0 Å². The van der Waals surface area contributed by atoms with E-state index in [0.717, 1.165) is 17.0 Å². The van der Waals surface area contributed by atoms with Crippen molar-refractivity contribution < 1.29 is 28.1 Å². The Hall–Kier alpha value is -3.05. The van der Waals surface area contributed by atoms with Crippen LogP contribution in [0.3, 0.4) is 0 Å². The average Bonchev–Trinajstić information content (AvgIpc) is 3.62. The number of thiazole rings is 1. The number of halogens is 1. The summed E-state index contributed by atoms with van der Waals surface area (Å²) < 4.78 is 36.9. The second-order valence-corrected chi connectivity index (χ2v) is 10.7. The van der Waals surface area contributed by atoms with Gasteiger partial charge in [0.25, 0.3) is 5.91 Å². The molecule has 8 nitrogen and oxygen atoms in total. The number of benzene rings is 2. The summed E-state index contributed by atoms with van der Waals surface area (Å²) in [6.45, 7) is 3.98. The van der Waals surface area contributed by atoms with Gasteiger partial charge in [0.2, 0.25) is 0 Å². The molecule has 1 amide bonds. The van der Waals surface area contributed by atoms with Crippen molar-refractivity contribution >= 4 is 17.2 Å². The first-order valence-electron chi connectivity index (χ1n) is 13.2. The quantitative estimate of drug-likeness (QED) is 0.364. The fraction of sp³-hybridized carbons (Fsp3) is 0.448. The van der Waals surface area contributed by atoms with Gasteiger partial charge in [0.15, 0.2) is 17.3 Å². The molecule has 2 fully saturated rings. The Labute approximate surface area is 232 Å². The van der Waals surface area contributed by atoms with E-state index in [4.69, 9.17) is 18.9 Å². The van der Waals surface area contributed by atoms with Crippen molar-refractivity contribution in [1.82, 2.24) is 14.8 Å². The van der Waals surface area contributed by atoms with Crippen LogP contribution >= 0.6 is 11.3 Å². The molecule has 0 atom stereocenters. The summed E-state index contributed by atoms with van der Waals surface area (Å²) in [5, 5.41) is 2.64. The number of nitrogens with zero attached hydrogens (tertiary/aromatic N) is 3. The fourth-order valence-electron chi connectivity index (χ4n) is 5.08. The lowest BCUT2D eigenvalue weighted by molar-refractivity contribution is -0.181. The third kappa shape index (κ3) is 6.58.